The Morgan fingerprint density at radius 3 is 2.82 bits per heavy atom. The topological polar surface area (TPSA) is 34.1 Å². The van der Waals surface area contributed by atoms with Crippen molar-refractivity contribution < 1.29 is 4.74 Å². The van der Waals surface area contributed by atoms with Crippen molar-refractivity contribution in [2.75, 3.05) is 13.2 Å². The number of hydrogen-bond donors (Lipinski definition) is 1. The normalized spacial score (nSPS) is 10.5. The molecule has 1 N–H and O–H groups in total. The monoisotopic (exact) mass is 236 g/mol. The molecule has 0 radical (unpaired) electrons. The maximum absolute atomic E-state index is 5.81. The van der Waals surface area contributed by atoms with Gasteiger partial charge in [0.25, 0.3) is 0 Å². The summed E-state index contributed by atoms with van der Waals surface area (Å²) in [5.41, 5.74) is 2.16. The fourth-order valence-electron chi connectivity index (χ4n) is 1.56. The van der Waals surface area contributed by atoms with E-state index in [1.807, 2.05) is 19.2 Å². The van der Waals surface area contributed by atoms with E-state index in [-0.39, 0.29) is 0 Å². The summed E-state index contributed by atoms with van der Waals surface area (Å²) in [6.45, 7) is 8.99. The minimum Gasteiger partial charge on any atom is -0.493 e. The van der Waals surface area contributed by atoms with Gasteiger partial charge in [0, 0.05) is 30.1 Å². The van der Waals surface area contributed by atoms with Crippen LogP contribution < -0.4 is 10.1 Å². The molecule has 0 aliphatic rings. The molecule has 1 heterocycles. The van der Waals surface area contributed by atoms with E-state index in [1.165, 1.54) is 0 Å². The first-order valence-electron chi connectivity index (χ1n) is 6.57. The van der Waals surface area contributed by atoms with Crippen molar-refractivity contribution in [1.29, 1.82) is 0 Å². The Kier molecular flexibility index (Phi) is 6.63. The van der Waals surface area contributed by atoms with Gasteiger partial charge in [-0.1, -0.05) is 20.3 Å². The van der Waals surface area contributed by atoms with Crippen LogP contribution in [0.3, 0.4) is 0 Å². The van der Waals surface area contributed by atoms with Gasteiger partial charge >= 0.3 is 0 Å². The molecule has 1 aromatic heterocycles. The summed E-state index contributed by atoms with van der Waals surface area (Å²) in [6.07, 6.45) is 5.32. The van der Waals surface area contributed by atoms with E-state index >= 15 is 0 Å². The molecule has 0 bridgehead atoms. The molecule has 0 atom stereocenters. The fraction of sp³-hybridized carbons (Fsp3) is 0.643. The Morgan fingerprint density at radius 1 is 1.29 bits per heavy atom. The second kappa shape index (κ2) is 8.07. The maximum Gasteiger partial charge on any atom is 0.127 e. The Labute approximate surface area is 105 Å². The Morgan fingerprint density at radius 2 is 2.12 bits per heavy atom. The molecule has 1 rings (SSSR count). The molecule has 1 aromatic rings. The predicted octanol–water partition coefficient (Wildman–Crippen LogP) is 3.07. The zero-order valence-corrected chi connectivity index (χ0v) is 11.3. The summed E-state index contributed by atoms with van der Waals surface area (Å²) in [7, 11) is 0. The van der Waals surface area contributed by atoms with Crippen molar-refractivity contribution >= 4 is 0 Å². The van der Waals surface area contributed by atoms with Crippen LogP contribution in [0.2, 0.25) is 0 Å². The van der Waals surface area contributed by atoms with Gasteiger partial charge in [0.1, 0.15) is 5.75 Å². The van der Waals surface area contributed by atoms with Gasteiger partial charge in [0.2, 0.25) is 0 Å². The molecule has 0 fully saturated rings. The highest BCUT2D eigenvalue weighted by molar-refractivity contribution is 5.32. The first kappa shape index (κ1) is 14.0. The van der Waals surface area contributed by atoms with Crippen LogP contribution in [0.4, 0.5) is 0 Å². The van der Waals surface area contributed by atoms with Gasteiger partial charge in [-0.2, -0.15) is 0 Å². The van der Waals surface area contributed by atoms with Crippen LogP contribution >= 0.6 is 0 Å². The summed E-state index contributed by atoms with van der Waals surface area (Å²) in [4.78, 5) is 4.33. The van der Waals surface area contributed by atoms with Crippen LogP contribution in [0.15, 0.2) is 12.3 Å². The summed E-state index contributed by atoms with van der Waals surface area (Å²) >= 11 is 0. The second-order valence-electron chi connectivity index (χ2n) is 4.31. The molecule has 0 saturated heterocycles. The van der Waals surface area contributed by atoms with E-state index in [0.29, 0.717) is 0 Å². The third-order valence-corrected chi connectivity index (χ3v) is 2.58. The molecular formula is C14H24N2O. The number of pyridine rings is 1. The summed E-state index contributed by atoms with van der Waals surface area (Å²) < 4.78 is 5.81. The van der Waals surface area contributed by atoms with E-state index < -0.39 is 0 Å². The number of nitrogens with one attached hydrogen (secondary N) is 1. The number of rotatable bonds is 8. The highest BCUT2D eigenvalue weighted by atomic mass is 16.5. The van der Waals surface area contributed by atoms with Gasteiger partial charge in [-0.25, -0.2) is 0 Å². The number of aromatic nitrogens is 1. The van der Waals surface area contributed by atoms with E-state index in [4.69, 9.17) is 4.74 Å². The van der Waals surface area contributed by atoms with Crippen LogP contribution in [0.25, 0.3) is 0 Å². The molecule has 17 heavy (non-hydrogen) atoms. The Balaban J connectivity index is 2.59. The number of unbranched alkanes of at least 4 members (excludes halogenated alkanes) is 1. The van der Waals surface area contributed by atoms with Gasteiger partial charge in [0.05, 0.1) is 6.61 Å². The zero-order chi connectivity index (χ0) is 12.5. The molecular weight excluding hydrogens is 212 g/mol. The Bertz CT molecular complexity index is 326. The predicted molar refractivity (Wildman–Crippen MR) is 71.4 cm³/mol. The quantitative estimate of drug-likeness (QED) is 0.704. The SMILES string of the molecule is CCCCOc1cc(C)ncc1CNCCC. The van der Waals surface area contributed by atoms with Gasteiger partial charge in [-0.15, -0.1) is 0 Å². The highest BCUT2D eigenvalue weighted by Crippen LogP contribution is 2.18. The first-order valence-corrected chi connectivity index (χ1v) is 6.57. The fourth-order valence-corrected chi connectivity index (χ4v) is 1.56. The van der Waals surface area contributed by atoms with Crippen LogP contribution in [0.1, 0.15) is 44.4 Å². The second-order valence-corrected chi connectivity index (χ2v) is 4.31. The van der Waals surface area contributed by atoms with Crippen molar-refractivity contribution in [1.82, 2.24) is 10.3 Å². The van der Waals surface area contributed by atoms with Crippen molar-refractivity contribution in [3.05, 3.63) is 23.5 Å². The third-order valence-electron chi connectivity index (χ3n) is 2.58. The molecule has 0 spiro atoms. The van der Waals surface area contributed by atoms with E-state index in [0.717, 1.165) is 56.0 Å². The van der Waals surface area contributed by atoms with Crippen molar-refractivity contribution in [2.45, 2.75) is 46.6 Å². The number of ether oxygens (including phenoxy) is 1. The van der Waals surface area contributed by atoms with Crippen LogP contribution in [0.5, 0.6) is 5.75 Å². The maximum atomic E-state index is 5.81. The van der Waals surface area contributed by atoms with Gasteiger partial charge < -0.3 is 10.1 Å². The molecule has 3 heteroatoms. The number of aryl methyl sites for hydroxylation is 1. The van der Waals surface area contributed by atoms with Crippen LogP contribution in [0, 0.1) is 6.92 Å². The average molecular weight is 236 g/mol. The Hall–Kier alpha value is -1.09. The molecule has 0 aliphatic carbocycles. The van der Waals surface area contributed by atoms with E-state index in [9.17, 15) is 0 Å². The lowest BCUT2D eigenvalue weighted by Crippen LogP contribution is -2.15. The van der Waals surface area contributed by atoms with Gasteiger partial charge in [-0.05, 0) is 26.3 Å². The lowest BCUT2D eigenvalue weighted by atomic mass is 10.2. The largest absolute Gasteiger partial charge is 0.493 e. The lowest BCUT2D eigenvalue weighted by molar-refractivity contribution is 0.305. The minimum absolute atomic E-state index is 0.792. The molecule has 0 unspecified atom stereocenters. The first-order chi connectivity index (χ1) is 8.27. The number of hydrogen-bond acceptors (Lipinski definition) is 3. The standard InChI is InChI=1S/C14H24N2O/c1-4-6-8-17-14-9-12(3)16-11-13(14)10-15-7-5-2/h9,11,15H,4-8,10H2,1-3H3. The lowest BCUT2D eigenvalue weighted by Gasteiger charge is -2.12. The molecule has 0 aliphatic heterocycles. The van der Waals surface area contributed by atoms with E-state index in [1.54, 1.807) is 0 Å². The summed E-state index contributed by atoms with van der Waals surface area (Å²) in [5.74, 6) is 0.981. The summed E-state index contributed by atoms with van der Waals surface area (Å²) in [6, 6.07) is 2.03. The zero-order valence-electron chi connectivity index (χ0n) is 11.3. The molecule has 96 valence electrons. The average Bonchev–Trinajstić information content (AvgIpc) is 2.32. The minimum atomic E-state index is 0.792. The van der Waals surface area contributed by atoms with Crippen LogP contribution in [-0.4, -0.2) is 18.1 Å². The van der Waals surface area contributed by atoms with Crippen molar-refractivity contribution in [2.24, 2.45) is 0 Å². The van der Waals surface area contributed by atoms with Gasteiger partial charge in [-0.3, -0.25) is 4.98 Å². The number of nitrogens with zero attached hydrogens (tertiary/aromatic N) is 1. The van der Waals surface area contributed by atoms with Crippen LogP contribution in [-0.2, 0) is 6.54 Å². The van der Waals surface area contributed by atoms with Crippen molar-refractivity contribution in [3.8, 4) is 5.75 Å². The smallest absolute Gasteiger partial charge is 0.127 e. The van der Waals surface area contributed by atoms with Gasteiger partial charge in [0.15, 0.2) is 0 Å². The molecule has 0 amide bonds. The van der Waals surface area contributed by atoms with E-state index in [2.05, 4.69) is 24.1 Å². The molecule has 0 saturated carbocycles. The molecule has 0 aromatic carbocycles. The molecule has 3 nitrogen and oxygen atoms in total. The summed E-state index contributed by atoms with van der Waals surface area (Å²) in [5, 5.41) is 3.38. The third kappa shape index (κ3) is 5.18. The highest BCUT2D eigenvalue weighted by Gasteiger charge is 2.04. The van der Waals surface area contributed by atoms with Crippen molar-refractivity contribution in [3.63, 3.8) is 0 Å².